The Labute approximate surface area is 282 Å². The Morgan fingerprint density at radius 1 is 0.708 bits per heavy atom. The fourth-order valence-electron chi connectivity index (χ4n) is 5.25. The van der Waals surface area contributed by atoms with Gasteiger partial charge in [0.1, 0.15) is 12.4 Å². The van der Waals surface area contributed by atoms with Gasteiger partial charge in [0, 0.05) is 22.0 Å². The van der Waals surface area contributed by atoms with Crippen LogP contribution in [0.1, 0.15) is 36.7 Å². The van der Waals surface area contributed by atoms with Gasteiger partial charge >= 0.3 is 0 Å². The topological polar surface area (TPSA) is 76.7 Å². The molecule has 2 amide bonds. The minimum absolute atomic E-state index is 0.0378. The summed E-state index contributed by atoms with van der Waals surface area (Å²) in [7, 11) is -2.16. The molecular formula is C41H40N2O4Si. The number of benzene rings is 6. The van der Waals surface area contributed by atoms with Gasteiger partial charge in [-0.3, -0.25) is 9.59 Å². The average Bonchev–Trinajstić information content (AvgIpc) is 3.08. The molecule has 48 heavy (non-hydrogen) atoms. The summed E-state index contributed by atoms with van der Waals surface area (Å²) >= 11 is 0. The first kappa shape index (κ1) is 32.7. The van der Waals surface area contributed by atoms with Crippen LogP contribution in [0.5, 0.6) is 5.75 Å². The van der Waals surface area contributed by atoms with E-state index in [1.54, 1.807) is 18.2 Å². The van der Waals surface area contributed by atoms with Gasteiger partial charge in [-0.15, -0.1) is 0 Å². The third-order valence-electron chi connectivity index (χ3n) is 9.14. The summed E-state index contributed by atoms with van der Waals surface area (Å²) in [6.07, 6.45) is 1.80. The van der Waals surface area contributed by atoms with Crippen molar-refractivity contribution >= 4 is 64.2 Å². The predicted octanol–water partition coefficient (Wildman–Crippen LogP) is 9.91. The molecule has 6 rings (SSSR count). The SMILES string of the molecule is CC(C)(C)[Si](C)(C)ONC(=O)c1ccc(C=C(COc2cccc3ccccc23)C(=O)Nc2cccc3cc4ccccc4cc23)cc1. The molecule has 242 valence electrons. The van der Waals surface area contributed by atoms with Gasteiger partial charge in [-0.2, -0.15) is 0 Å². The molecule has 6 aromatic rings. The molecule has 0 atom stereocenters. The van der Waals surface area contributed by atoms with Gasteiger partial charge < -0.3 is 14.6 Å². The number of fused-ring (bicyclic) bond motifs is 3. The highest BCUT2D eigenvalue weighted by Crippen LogP contribution is 2.36. The van der Waals surface area contributed by atoms with Gasteiger partial charge in [0.2, 0.25) is 8.32 Å². The first-order valence-corrected chi connectivity index (χ1v) is 19.0. The molecule has 6 nitrogen and oxygen atoms in total. The zero-order chi connectivity index (χ0) is 33.9. The van der Waals surface area contributed by atoms with Gasteiger partial charge in [-0.1, -0.05) is 106 Å². The molecule has 7 heteroatoms. The van der Waals surface area contributed by atoms with E-state index in [4.69, 9.17) is 9.26 Å². The number of amides is 2. The molecule has 0 heterocycles. The zero-order valence-electron chi connectivity index (χ0n) is 28.0. The molecule has 6 aromatic carbocycles. The van der Waals surface area contributed by atoms with E-state index in [0.717, 1.165) is 37.9 Å². The lowest BCUT2D eigenvalue weighted by molar-refractivity contribution is -0.113. The van der Waals surface area contributed by atoms with E-state index in [0.29, 0.717) is 22.6 Å². The maximum atomic E-state index is 14.0. The summed E-state index contributed by atoms with van der Waals surface area (Å²) in [5.41, 5.74) is 5.02. The monoisotopic (exact) mass is 652 g/mol. The molecule has 2 N–H and O–H groups in total. The van der Waals surface area contributed by atoms with Crippen LogP contribution in [0.3, 0.4) is 0 Å². The summed E-state index contributed by atoms with van der Waals surface area (Å²) in [5.74, 6) is 0.105. The minimum atomic E-state index is -2.16. The third-order valence-corrected chi connectivity index (χ3v) is 13.4. The third kappa shape index (κ3) is 7.17. The van der Waals surface area contributed by atoms with E-state index >= 15 is 0 Å². The van der Waals surface area contributed by atoms with E-state index < -0.39 is 8.32 Å². The smallest absolute Gasteiger partial charge is 0.273 e. The lowest BCUT2D eigenvalue weighted by Crippen LogP contribution is -2.46. The van der Waals surface area contributed by atoms with Crippen molar-refractivity contribution in [3.63, 3.8) is 0 Å². The minimum Gasteiger partial charge on any atom is -0.488 e. The number of hydrogen-bond donors (Lipinski definition) is 2. The average molecular weight is 653 g/mol. The van der Waals surface area contributed by atoms with Gasteiger partial charge in [0.15, 0.2) is 0 Å². The van der Waals surface area contributed by atoms with E-state index in [9.17, 15) is 9.59 Å². The molecule has 0 saturated carbocycles. The molecular weight excluding hydrogens is 613 g/mol. The Balaban J connectivity index is 1.28. The van der Waals surface area contributed by atoms with Crippen LogP contribution in [0, 0.1) is 0 Å². The molecule has 0 fully saturated rings. The van der Waals surface area contributed by atoms with E-state index in [1.165, 1.54) is 0 Å². The highest BCUT2D eigenvalue weighted by Gasteiger charge is 2.38. The Hall–Kier alpha value is -5.24. The summed E-state index contributed by atoms with van der Waals surface area (Å²) in [4.78, 5) is 26.9. The van der Waals surface area contributed by atoms with E-state index in [-0.39, 0.29) is 23.5 Å². The van der Waals surface area contributed by atoms with Crippen molar-refractivity contribution in [3.8, 4) is 5.75 Å². The number of ether oxygens (including phenoxy) is 1. The second-order valence-electron chi connectivity index (χ2n) is 13.5. The second-order valence-corrected chi connectivity index (χ2v) is 18.3. The number of rotatable bonds is 9. The molecule has 0 unspecified atom stereocenters. The van der Waals surface area contributed by atoms with Gasteiger partial charge in [0.25, 0.3) is 11.8 Å². The lowest BCUT2D eigenvalue weighted by atomic mass is 10.0. The Bertz CT molecular complexity index is 2160. The fraction of sp³-hybridized carbons (Fsp3) is 0.171. The molecule has 0 bridgehead atoms. The van der Waals surface area contributed by atoms with Crippen molar-refractivity contribution in [1.29, 1.82) is 0 Å². The number of hydroxylamine groups is 1. The van der Waals surface area contributed by atoms with E-state index in [1.807, 2.05) is 84.9 Å². The van der Waals surface area contributed by atoms with Crippen LogP contribution in [-0.2, 0) is 9.32 Å². The lowest BCUT2D eigenvalue weighted by Gasteiger charge is -2.35. The van der Waals surface area contributed by atoms with Crippen LogP contribution in [-0.4, -0.2) is 26.7 Å². The second kappa shape index (κ2) is 13.5. The highest BCUT2D eigenvalue weighted by molar-refractivity contribution is 6.74. The summed E-state index contributed by atoms with van der Waals surface area (Å²) < 4.78 is 12.2. The molecule has 0 aliphatic carbocycles. The quantitative estimate of drug-likeness (QED) is 0.0706. The largest absolute Gasteiger partial charge is 0.488 e. The predicted molar refractivity (Wildman–Crippen MR) is 200 cm³/mol. The molecule has 0 spiro atoms. The van der Waals surface area contributed by atoms with Crippen molar-refractivity contribution in [2.45, 2.75) is 38.9 Å². The van der Waals surface area contributed by atoms with Crippen molar-refractivity contribution < 1.29 is 18.9 Å². The van der Waals surface area contributed by atoms with Crippen LogP contribution >= 0.6 is 0 Å². The number of hydrogen-bond acceptors (Lipinski definition) is 4. The highest BCUT2D eigenvalue weighted by atomic mass is 28.4. The summed E-state index contributed by atoms with van der Waals surface area (Å²) in [6.45, 7) is 10.5. The number of anilines is 1. The maximum Gasteiger partial charge on any atom is 0.273 e. The normalized spacial score (nSPS) is 12.3. The van der Waals surface area contributed by atoms with Crippen LogP contribution < -0.4 is 15.5 Å². The van der Waals surface area contributed by atoms with E-state index in [2.05, 4.69) is 68.9 Å². The van der Waals surface area contributed by atoms with Gasteiger partial charge in [0.05, 0.1) is 5.57 Å². The van der Waals surface area contributed by atoms with Crippen LogP contribution in [0.25, 0.3) is 38.4 Å². The molecule has 0 radical (unpaired) electrons. The van der Waals surface area contributed by atoms with Crippen molar-refractivity contribution in [2.24, 2.45) is 0 Å². The number of carbonyl (C=O) groups is 2. The van der Waals surface area contributed by atoms with Gasteiger partial charge in [-0.05, 0) is 87.7 Å². The first-order valence-electron chi connectivity index (χ1n) is 16.1. The maximum absolute atomic E-state index is 14.0. The zero-order valence-corrected chi connectivity index (χ0v) is 29.0. The number of nitrogens with one attached hydrogen (secondary N) is 2. The van der Waals surface area contributed by atoms with Gasteiger partial charge in [-0.25, -0.2) is 5.48 Å². The Morgan fingerprint density at radius 2 is 1.33 bits per heavy atom. The summed E-state index contributed by atoms with van der Waals surface area (Å²) in [5, 5.41) is 9.36. The van der Waals surface area contributed by atoms with Crippen LogP contribution in [0.15, 0.2) is 127 Å². The molecule has 0 saturated heterocycles. The van der Waals surface area contributed by atoms with Crippen molar-refractivity contribution in [1.82, 2.24) is 5.48 Å². The molecule has 0 aromatic heterocycles. The Kier molecular flexibility index (Phi) is 9.17. The first-order chi connectivity index (χ1) is 23.0. The van der Waals surface area contributed by atoms with Crippen molar-refractivity contribution in [3.05, 3.63) is 138 Å². The number of carbonyl (C=O) groups excluding carboxylic acids is 2. The molecule has 0 aliphatic heterocycles. The molecule has 0 aliphatic rings. The Morgan fingerprint density at radius 3 is 2.06 bits per heavy atom. The summed E-state index contributed by atoms with van der Waals surface area (Å²) in [6, 6.07) is 39.3. The van der Waals surface area contributed by atoms with Crippen LogP contribution in [0.4, 0.5) is 5.69 Å². The fourth-order valence-corrected chi connectivity index (χ4v) is 5.90. The van der Waals surface area contributed by atoms with Crippen molar-refractivity contribution in [2.75, 3.05) is 11.9 Å². The van der Waals surface area contributed by atoms with Crippen LogP contribution in [0.2, 0.25) is 18.1 Å². The standard InChI is InChI=1S/C41H40N2O4Si/c1-41(2,3)48(4,5)47-43-40(45)30-22-20-28(21-23-30)24-34(27-46-38-19-11-15-29-12-8-9-17-35(29)38)39(44)42-37-18-10-16-33-25-31-13-6-7-14-32(31)26-36(33)37/h6-26H,27H2,1-5H3,(H,42,44)(H,43,45).